The van der Waals surface area contributed by atoms with Crippen LogP contribution in [0.25, 0.3) is 0 Å². The van der Waals surface area contributed by atoms with Crippen LogP contribution in [0.1, 0.15) is 349 Å². The number of phosphoric acid groups is 2. The molecule has 6 atom stereocenters. The summed E-state index contributed by atoms with van der Waals surface area (Å²) in [6.07, 6.45) is 47.4. The Morgan fingerprint density at radius 1 is 0.322 bits per heavy atom. The normalized spacial score (nSPS) is 14.4. The van der Waals surface area contributed by atoms with E-state index in [9.17, 15) is 43.2 Å². The number of unbranched alkanes of at least 4 members (excludes halogenated alkanes) is 39. The average Bonchev–Trinajstić information content (AvgIpc) is 3.69. The molecule has 516 valence electrons. The van der Waals surface area contributed by atoms with Crippen molar-refractivity contribution >= 4 is 39.5 Å². The molecular weight excluding hydrogens is 1150 g/mol. The fourth-order valence-electron chi connectivity index (χ4n) is 10.3. The van der Waals surface area contributed by atoms with Crippen LogP contribution in [-0.4, -0.2) is 96.7 Å². The topological polar surface area (TPSA) is 237 Å². The minimum atomic E-state index is -4.95. The number of esters is 4. The van der Waals surface area contributed by atoms with Crippen LogP contribution in [0.5, 0.6) is 0 Å². The summed E-state index contributed by atoms with van der Waals surface area (Å²) in [5.41, 5.74) is 0. The molecule has 0 heterocycles. The van der Waals surface area contributed by atoms with Crippen LogP contribution in [0.2, 0.25) is 0 Å². The molecule has 0 aromatic rings. The molecule has 17 nitrogen and oxygen atoms in total. The molecule has 0 saturated carbocycles. The molecule has 0 aromatic carbocycles. The highest BCUT2D eigenvalue weighted by Crippen LogP contribution is 2.45. The maximum atomic E-state index is 13.0. The van der Waals surface area contributed by atoms with Crippen molar-refractivity contribution in [3.8, 4) is 0 Å². The van der Waals surface area contributed by atoms with Gasteiger partial charge in [-0.1, -0.05) is 298 Å². The van der Waals surface area contributed by atoms with Crippen LogP contribution in [0, 0.1) is 5.92 Å². The van der Waals surface area contributed by atoms with Crippen molar-refractivity contribution in [3.63, 3.8) is 0 Å². The Morgan fingerprint density at radius 2 is 0.552 bits per heavy atom. The third-order valence-corrected chi connectivity index (χ3v) is 18.0. The number of rotatable bonds is 68. The van der Waals surface area contributed by atoms with Gasteiger partial charge in [0.25, 0.3) is 0 Å². The van der Waals surface area contributed by atoms with Crippen molar-refractivity contribution < 1.29 is 80.2 Å². The molecule has 0 aliphatic heterocycles. The van der Waals surface area contributed by atoms with Crippen LogP contribution < -0.4 is 0 Å². The molecule has 3 N–H and O–H groups in total. The molecule has 0 spiro atoms. The number of ether oxygens (including phenoxy) is 4. The zero-order valence-corrected chi connectivity index (χ0v) is 57.9. The molecule has 0 fully saturated rings. The zero-order valence-electron chi connectivity index (χ0n) is 56.2. The first-order valence-electron chi connectivity index (χ1n) is 35.7. The summed E-state index contributed by atoms with van der Waals surface area (Å²) in [5.74, 6) is -1.33. The second kappa shape index (κ2) is 61.6. The predicted octanol–water partition coefficient (Wildman–Crippen LogP) is 19.4. The standard InChI is InChI=1S/C68H132O17P2/c1-6-10-13-16-18-20-22-24-25-26-27-29-35-39-44-49-54-68(73)85-64(58-79-66(71)52-47-42-37-33-31-30-32-36-41-45-50-61(5)9-4)60-83-87(76,77)81-56-62(69)55-80-86(74,75)82-59-63(57-78-65(70)51-46-40-15-12-8-3)84-67(72)53-48-43-38-34-28-23-21-19-17-14-11-7-2/h61-64,69H,6-60H2,1-5H3,(H,74,75)(H,76,77)/t61?,62-,63+,64+/m0/s1. The number of carbonyl (C=O) groups excluding carboxylic acids is 4. The van der Waals surface area contributed by atoms with E-state index in [2.05, 4.69) is 34.6 Å². The molecule has 0 aromatic heterocycles. The van der Waals surface area contributed by atoms with Crippen molar-refractivity contribution in [2.75, 3.05) is 39.6 Å². The van der Waals surface area contributed by atoms with E-state index in [4.69, 9.17) is 37.0 Å². The van der Waals surface area contributed by atoms with E-state index in [0.717, 1.165) is 102 Å². The van der Waals surface area contributed by atoms with Gasteiger partial charge in [-0.05, 0) is 31.6 Å². The fourth-order valence-corrected chi connectivity index (χ4v) is 11.8. The molecule has 3 unspecified atom stereocenters. The lowest BCUT2D eigenvalue weighted by Crippen LogP contribution is -2.30. The summed E-state index contributed by atoms with van der Waals surface area (Å²) < 4.78 is 68.0. The maximum Gasteiger partial charge on any atom is 0.472 e. The van der Waals surface area contributed by atoms with Crippen LogP contribution in [0.4, 0.5) is 0 Å². The molecule has 0 rings (SSSR count). The number of hydrogen-bond donors (Lipinski definition) is 3. The Hall–Kier alpha value is -1.94. The van der Waals surface area contributed by atoms with E-state index in [1.807, 2.05) is 0 Å². The first kappa shape index (κ1) is 85.1. The van der Waals surface area contributed by atoms with Gasteiger partial charge in [0.15, 0.2) is 12.2 Å². The quantitative estimate of drug-likeness (QED) is 0.0222. The smallest absolute Gasteiger partial charge is 0.462 e. The molecule has 0 aliphatic carbocycles. The molecule has 87 heavy (non-hydrogen) atoms. The fraction of sp³-hybridized carbons (Fsp3) is 0.941. The number of carbonyl (C=O) groups is 4. The Kier molecular flexibility index (Phi) is 60.2. The average molecular weight is 1280 g/mol. The highest BCUT2D eigenvalue weighted by Gasteiger charge is 2.30. The highest BCUT2D eigenvalue weighted by atomic mass is 31.2. The minimum Gasteiger partial charge on any atom is -0.462 e. The Balaban J connectivity index is 5.17. The van der Waals surface area contributed by atoms with Gasteiger partial charge in [-0.3, -0.25) is 37.3 Å². The van der Waals surface area contributed by atoms with Gasteiger partial charge in [-0.2, -0.15) is 0 Å². The Bertz CT molecular complexity index is 1690. The monoisotopic (exact) mass is 1280 g/mol. The predicted molar refractivity (Wildman–Crippen MR) is 349 cm³/mol. The second-order valence-electron chi connectivity index (χ2n) is 24.8. The van der Waals surface area contributed by atoms with E-state index >= 15 is 0 Å². The molecular formula is C68H132O17P2. The summed E-state index contributed by atoms with van der Waals surface area (Å²) in [7, 11) is -9.89. The Labute approximate surface area is 530 Å². The van der Waals surface area contributed by atoms with Crippen molar-refractivity contribution in [2.45, 2.75) is 368 Å². The third kappa shape index (κ3) is 61.3. The summed E-state index contributed by atoms with van der Waals surface area (Å²) in [4.78, 5) is 72.2. The van der Waals surface area contributed by atoms with E-state index in [1.54, 1.807) is 0 Å². The summed E-state index contributed by atoms with van der Waals surface area (Å²) >= 11 is 0. The second-order valence-corrected chi connectivity index (χ2v) is 27.7. The summed E-state index contributed by atoms with van der Waals surface area (Å²) in [6.45, 7) is 7.18. The van der Waals surface area contributed by atoms with Gasteiger partial charge >= 0.3 is 39.5 Å². The van der Waals surface area contributed by atoms with Gasteiger partial charge in [0, 0.05) is 25.7 Å². The molecule has 19 heteroatoms. The SMILES string of the molecule is CCCCCCCCCCCCCCCCCCC(=O)O[C@H](COC(=O)CCCCCCCCCCCCC(C)CC)COP(=O)(O)OC[C@@H](O)COP(=O)(O)OC[C@@H](COC(=O)CCCCCCC)OC(=O)CCCCCCCCCCCCCC. The molecule has 0 bridgehead atoms. The van der Waals surface area contributed by atoms with E-state index < -0.39 is 97.5 Å². The van der Waals surface area contributed by atoms with Gasteiger partial charge in [0.1, 0.15) is 19.3 Å². The summed E-state index contributed by atoms with van der Waals surface area (Å²) in [5, 5.41) is 10.5. The van der Waals surface area contributed by atoms with Crippen molar-refractivity contribution in [3.05, 3.63) is 0 Å². The first-order valence-corrected chi connectivity index (χ1v) is 38.7. The number of aliphatic hydroxyl groups excluding tert-OH is 1. The Morgan fingerprint density at radius 3 is 0.816 bits per heavy atom. The number of phosphoric ester groups is 2. The van der Waals surface area contributed by atoms with Crippen LogP contribution >= 0.6 is 15.6 Å². The molecule has 0 aliphatic rings. The molecule has 0 amide bonds. The van der Waals surface area contributed by atoms with Gasteiger partial charge in [-0.15, -0.1) is 0 Å². The third-order valence-electron chi connectivity index (χ3n) is 16.1. The van der Waals surface area contributed by atoms with Crippen LogP contribution in [0.15, 0.2) is 0 Å². The maximum absolute atomic E-state index is 13.0. The van der Waals surface area contributed by atoms with Gasteiger partial charge in [0.2, 0.25) is 0 Å². The van der Waals surface area contributed by atoms with Crippen molar-refractivity contribution in [1.29, 1.82) is 0 Å². The van der Waals surface area contributed by atoms with Crippen molar-refractivity contribution in [2.24, 2.45) is 5.92 Å². The lowest BCUT2D eigenvalue weighted by molar-refractivity contribution is -0.161. The lowest BCUT2D eigenvalue weighted by Gasteiger charge is -2.21. The number of hydrogen-bond acceptors (Lipinski definition) is 15. The zero-order chi connectivity index (χ0) is 64.2. The van der Waals surface area contributed by atoms with Gasteiger partial charge in [-0.25, -0.2) is 9.13 Å². The van der Waals surface area contributed by atoms with Crippen molar-refractivity contribution in [1.82, 2.24) is 0 Å². The first-order chi connectivity index (χ1) is 42.1. The molecule has 0 saturated heterocycles. The van der Waals surface area contributed by atoms with E-state index in [-0.39, 0.29) is 25.7 Å². The van der Waals surface area contributed by atoms with Crippen LogP contribution in [0.3, 0.4) is 0 Å². The van der Waals surface area contributed by atoms with Crippen LogP contribution in [-0.2, 0) is 65.4 Å². The van der Waals surface area contributed by atoms with Gasteiger partial charge in [0.05, 0.1) is 26.4 Å². The highest BCUT2D eigenvalue weighted by molar-refractivity contribution is 7.47. The van der Waals surface area contributed by atoms with E-state index in [0.29, 0.717) is 25.7 Å². The number of aliphatic hydroxyl groups is 1. The summed E-state index contributed by atoms with van der Waals surface area (Å²) in [6, 6.07) is 0. The lowest BCUT2D eigenvalue weighted by atomic mass is 9.99. The largest absolute Gasteiger partial charge is 0.472 e. The van der Waals surface area contributed by atoms with Gasteiger partial charge < -0.3 is 33.8 Å². The minimum absolute atomic E-state index is 0.106. The molecule has 0 radical (unpaired) electrons. The van der Waals surface area contributed by atoms with E-state index in [1.165, 1.54) is 167 Å².